The lowest BCUT2D eigenvalue weighted by atomic mass is 10.0. The first-order chi connectivity index (χ1) is 13.2. The third-order valence-corrected chi connectivity index (χ3v) is 6.05. The van der Waals surface area contributed by atoms with Crippen molar-refractivity contribution in [1.82, 2.24) is 15.1 Å². The maximum absolute atomic E-state index is 12.1. The van der Waals surface area contributed by atoms with Gasteiger partial charge in [0.2, 0.25) is 5.91 Å². The summed E-state index contributed by atoms with van der Waals surface area (Å²) in [5.74, 6) is 1.16. The summed E-state index contributed by atoms with van der Waals surface area (Å²) >= 11 is 0. The minimum atomic E-state index is 0.208. The number of carbonyl (C=O) groups is 1. The molecule has 2 aliphatic heterocycles. The van der Waals surface area contributed by atoms with E-state index in [1.165, 1.54) is 18.5 Å². The number of nitrogens with zero attached hydrogens (tertiary/aromatic N) is 3. The summed E-state index contributed by atoms with van der Waals surface area (Å²) in [6.07, 6.45) is 4.75. The highest BCUT2D eigenvalue weighted by Crippen LogP contribution is 2.29. The number of nitrogens with one attached hydrogen (secondary N) is 1. The Balaban J connectivity index is 1.28. The minimum absolute atomic E-state index is 0.208. The van der Waals surface area contributed by atoms with Crippen molar-refractivity contribution in [2.75, 3.05) is 57.8 Å². The smallest absolute Gasteiger partial charge is 0.234 e. The van der Waals surface area contributed by atoms with Gasteiger partial charge < -0.3 is 15.0 Å². The fourth-order valence-corrected chi connectivity index (χ4v) is 4.40. The van der Waals surface area contributed by atoms with Gasteiger partial charge in [0.25, 0.3) is 0 Å². The summed E-state index contributed by atoms with van der Waals surface area (Å²) in [5, 5.41) is 3.12. The number of piperidine rings is 1. The minimum Gasteiger partial charge on any atom is -0.495 e. The van der Waals surface area contributed by atoms with Crippen LogP contribution in [0.25, 0.3) is 0 Å². The number of anilines is 1. The molecule has 0 bridgehead atoms. The molecule has 0 aromatic heterocycles. The quantitative estimate of drug-likeness (QED) is 0.821. The maximum atomic E-state index is 12.1. The van der Waals surface area contributed by atoms with Gasteiger partial charge in [-0.15, -0.1) is 0 Å². The molecule has 3 aliphatic rings. The zero-order chi connectivity index (χ0) is 18.6. The van der Waals surface area contributed by atoms with Gasteiger partial charge in [0.1, 0.15) is 5.75 Å². The molecule has 27 heavy (non-hydrogen) atoms. The van der Waals surface area contributed by atoms with Gasteiger partial charge >= 0.3 is 0 Å². The van der Waals surface area contributed by atoms with Gasteiger partial charge in [0, 0.05) is 44.8 Å². The molecule has 0 unspecified atom stereocenters. The van der Waals surface area contributed by atoms with E-state index in [4.69, 9.17) is 4.74 Å². The molecule has 1 amide bonds. The van der Waals surface area contributed by atoms with Crippen LogP contribution in [0.3, 0.4) is 0 Å². The van der Waals surface area contributed by atoms with Gasteiger partial charge in [-0.05, 0) is 44.4 Å². The Morgan fingerprint density at radius 2 is 1.89 bits per heavy atom. The van der Waals surface area contributed by atoms with Gasteiger partial charge in [0.05, 0.1) is 19.3 Å². The predicted molar refractivity (Wildman–Crippen MR) is 107 cm³/mol. The van der Waals surface area contributed by atoms with E-state index in [0.29, 0.717) is 18.6 Å². The van der Waals surface area contributed by atoms with Crippen LogP contribution in [-0.4, -0.2) is 80.7 Å². The fraction of sp³-hybridized carbons (Fsp3) is 0.667. The Kier molecular flexibility index (Phi) is 5.83. The zero-order valence-corrected chi connectivity index (χ0v) is 16.4. The summed E-state index contributed by atoms with van der Waals surface area (Å²) in [5.41, 5.74) is 1.20. The molecule has 2 saturated heterocycles. The Labute approximate surface area is 162 Å². The van der Waals surface area contributed by atoms with Crippen molar-refractivity contribution in [3.8, 4) is 5.75 Å². The van der Waals surface area contributed by atoms with Crippen molar-refractivity contribution >= 4 is 11.6 Å². The molecule has 1 atom stereocenters. The lowest BCUT2D eigenvalue weighted by Crippen LogP contribution is -2.56. The van der Waals surface area contributed by atoms with Crippen LogP contribution >= 0.6 is 0 Å². The fourth-order valence-electron chi connectivity index (χ4n) is 4.40. The first-order valence-electron chi connectivity index (χ1n) is 10.4. The van der Waals surface area contributed by atoms with E-state index in [1.807, 2.05) is 12.1 Å². The molecular formula is C21H32N4O2. The van der Waals surface area contributed by atoms with Crippen LogP contribution in [0, 0.1) is 0 Å². The molecule has 6 nitrogen and oxygen atoms in total. The Morgan fingerprint density at radius 1 is 1.11 bits per heavy atom. The first kappa shape index (κ1) is 18.6. The molecule has 6 heteroatoms. The number of carbonyl (C=O) groups excluding carboxylic acids is 1. The molecule has 1 aromatic carbocycles. The van der Waals surface area contributed by atoms with Gasteiger partial charge in [-0.2, -0.15) is 0 Å². The average molecular weight is 373 g/mol. The topological polar surface area (TPSA) is 48.1 Å². The van der Waals surface area contributed by atoms with Crippen LogP contribution in [0.2, 0.25) is 0 Å². The number of hydrogen-bond donors (Lipinski definition) is 1. The van der Waals surface area contributed by atoms with Crippen LogP contribution in [0.1, 0.15) is 25.7 Å². The molecule has 0 radical (unpaired) electrons. The van der Waals surface area contributed by atoms with Crippen LogP contribution in [0.15, 0.2) is 24.3 Å². The standard InChI is InChI=1S/C21H32N4O2/c1-27-20-7-3-2-6-19(20)25-13-11-24(12-14-25)18-5-4-10-23(15-18)16-21(26)22-17-8-9-17/h2-3,6-7,17-18H,4-5,8-16H2,1H3,(H,22,26)/t18-/m1/s1. The molecule has 4 rings (SSSR count). The number of rotatable bonds is 6. The lowest BCUT2D eigenvalue weighted by molar-refractivity contribution is -0.122. The molecule has 1 aliphatic carbocycles. The van der Waals surface area contributed by atoms with Crippen LogP contribution in [0.5, 0.6) is 5.75 Å². The first-order valence-corrected chi connectivity index (χ1v) is 10.4. The van der Waals surface area contributed by atoms with Gasteiger partial charge in [0.15, 0.2) is 0 Å². The second kappa shape index (κ2) is 8.48. The van der Waals surface area contributed by atoms with E-state index in [2.05, 4.69) is 32.1 Å². The van der Waals surface area contributed by atoms with E-state index in [1.54, 1.807) is 7.11 Å². The summed E-state index contributed by atoms with van der Waals surface area (Å²) in [6.45, 7) is 6.84. The second-order valence-corrected chi connectivity index (χ2v) is 8.07. The van der Waals surface area contributed by atoms with E-state index >= 15 is 0 Å². The third-order valence-electron chi connectivity index (χ3n) is 6.05. The number of methoxy groups -OCH3 is 1. The van der Waals surface area contributed by atoms with Crippen molar-refractivity contribution in [1.29, 1.82) is 0 Å². The highest BCUT2D eigenvalue weighted by atomic mass is 16.5. The number of piperazine rings is 1. The summed E-state index contributed by atoms with van der Waals surface area (Å²) in [7, 11) is 1.74. The maximum Gasteiger partial charge on any atom is 0.234 e. The Morgan fingerprint density at radius 3 is 2.63 bits per heavy atom. The van der Waals surface area contributed by atoms with E-state index in [9.17, 15) is 4.79 Å². The van der Waals surface area contributed by atoms with Crippen molar-refractivity contribution < 1.29 is 9.53 Å². The van der Waals surface area contributed by atoms with Crippen LogP contribution < -0.4 is 15.0 Å². The van der Waals surface area contributed by atoms with Gasteiger partial charge in [-0.3, -0.25) is 14.6 Å². The molecule has 0 spiro atoms. The number of ether oxygens (including phenoxy) is 1. The molecule has 3 fully saturated rings. The highest BCUT2D eigenvalue weighted by molar-refractivity contribution is 5.78. The van der Waals surface area contributed by atoms with E-state index in [0.717, 1.165) is 57.9 Å². The number of para-hydroxylation sites is 2. The summed E-state index contributed by atoms with van der Waals surface area (Å²) < 4.78 is 5.52. The molecular weight excluding hydrogens is 340 g/mol. The zero-order valence-electron chi connectivity index (χ0n) is 16.4. The van der Waals surface area contributed by atoms with Crippen LogP contribution in [-0.2, 0) is 4.79 Å². The third kappa shape index (κ3) is 4.74. The number of hydrogen-bond acceptors (Lipinski definition) is 5. The van der Waals surface area contributed by atoms with Gasteiger partial charge in [-0.25, -0.2) is 0 Å². The van der Waals surface area contributed by atoms with Crippen molar-refractivity contribution in [3.05, 3.63) is 24.3 Å². The molecule has 148 valence electrons. The molecule has 1 saturated carbocycles. The summed E-state index contributed by atoms with van der Waals surface area (Å²) in [6, 6.07) is 9.32. The lowest BCUT2D eigenvalue weighted by Gasteiger charge is -2.44. The Bertz CT molecular complexity index is 641. The highest BCUT2D eigenvalue weighted by Gasteiger charge is 2.30. The van der Waals surface area contributed by atoms with Crippen molar-refractivity contribution in [2.45, 2.75) is 37.8 Å². The second-order valence-electron chi connectivity index (χ2n) is 8.07. The predicted octanol–water partition coefficient (Wildman–Crippen LogP) is 1.56. The van der Waals surface area contributed by atoms with E-state index in [-0.39, 0.29) is 5.91 Å². The van der Waals surface area contributed by atoms with Crippen molar-refractivity contribution in [2.24, 2.45) is 0 Å². The van der Waals surface area contributed by atoms with E-state index < -0.39 is 0 Å². The number of amides is 1. The summed E-state index contributed by atoms with van der Waals surface area (Å²) in [4.78, 5) is 19.5. The molecule has 1 N–H and O–H groups in total. The molecule has 2 heterocycles. The molecule has 1 aromatic rings. The normalized spacial score (nSPS) is 24.6. The number of likely N-dealkylation sites (tertiary alicyclic amines) is 1. The number of benzene rings is 1. The van der Waals surface area contributed by atoms with Crippen LogP contribution in [0.4, 0.5) is 5.69 Å². The Hall–Kier alpha value is -1.79. The SMILES string of the molecule is COc1ccccc1N1CCN([C@@H]2CCCN(CC(=O)NC3CC3)C2)CC1. The largest absolute Gasteiger partial charge is 0.495 e. The van der Waals surface area contributed by atoms with Gasteiger partial charge in [-0.1, -0.05) is 12.1 Å². The monoisotopic (exact) mass is 372 g/mol. The average Bonchev–Trinajstić information content (AvgIpc) is 3.52. The van der Waals surface area contributed by atoms with Crippen molar-refractivity contribution in [3.63, 3.8) is 0 Å².